The molecule has 0 unspecified atom stereocenters. The molecule has 2 amide bonds. The maximum Gasteiger partial charge on any atom is 0.416 e. The van der Waals surface area contributed by atoms with Crippen molar-refractivity contribution in [1.82, 2.24) is 29.5 Å². The Morgan fingerprint density at radius 2 is 1.82 bits per heavy atom. The van der Waals surface area contributed by atoms with E-state index in [4.69, 9.17) is 4.74 Å². The summed E-state index contributed by atoms with van der Waals surface area (Å²) < 4.78 is 47.4. The van der Waals surface area contributed by atoms with Crippen molar-refractivity contribution in [3.05, 3.63) is 60.3 Å². The first-order chi connectivity index (χ1) is 18.6. The van der Waals surface area contributed by atoms with Crippen LogP contribution in [0.5, 0.6) is 11.5 Å². The number of likely N-dealkylation sites (tertiary alicyclic amines) is 2. The molecular weight excluding hydrogens is 515 g/mol. The van der Waals surface area contributed by atoms with Gasteiger partial charge in [-0.2, -0.15) is 17.9 Å². The van der Waals surface area contributed by atoms with Gasteiger partial charge in [0.2, 0.25) is 5.91 Å². The van der Waals surface area contributed by atoms with Crippen molar-refractivity contribution in [2.24, 2.45) is 0 Å². The zero-order valence-electron chi connectivity index (χ0n) is 21.3. The SMILES string of the molecule is CC(=O)Nc1ccn(C(=O)N2CCC3(CCCN3Cc3ccc(C(F)(F)F)cc3Oc3cncnc3)CC2)n1. The quantitative estimate of drug-likeness (QED) is 0.504. The largest absolute Gasteiger partial charge is 0.454 e. The highest BCUT2D eigenvalue weighted by Gasteiger charge is 2.44. The van der Waals surface area contributed by atoms with Gasteiger partial charge in [0, 0.05) is 49.9 Å². The highest BCUT2D eigenvalue weighted by atomic mass is 19.4. The van der Waals surface area contributed by atoms with E-state index in [1.54, 1.807) is 11.0 Å². The van der Waals surface area contributed by atoms with Gasteiger partial charge in [0.15, 0.2) is 11.6 Å². The maximum atomic E-state index is 13.5. The number of rotatable bonds is 5. The topological polar surface area (TPSA) is 105 Å². The number of ether oxygens (including phenoxy) is 1. The van der Waals surface area contributed by atoms with E-state index in [0.29, 0.717) is 31.0 Å². The van der Waals surface area contributed by atoms with Crippen LogP contribution in [0.15, 0.2) is 49.2 Å². The van der Waals surface area contributed by atoms with E-state index < -0.39 is 11.7 Å². The number of hydrogen-bond donors (Lipinski definition) is 1. The first-order valence-electron chi connectivity index (χ1n) is 12.6. The lowest BCUT2D eigenvalue weighted by Gasteiger charge is -2.45. The average molecular weight is 544 g/mol. The van der Waals surface area contributed by atoms with Crippen molar-refractivity contribution in [1.29, 1.82) is 0 Å². The Bertz CT molecular complexity index is 1340. The molecule has 5 rings (SSSR count). The molecule has 206 valence electrons. The van der Waals surface area contributed by atoms with Crippen LogP contribution < -0.4 is 10.1 Å². The molecule has 2 fully saturated rings. The highest BCUT2D eigenvalue weighted by Crippen LogP contribution is 2.41. The van der Waals surface area contributed by atoms with Gasteiger partial charge in [0.25, 0.3) is 0 Å². The van der Waals surface area contributed by atoms with Gasteiger partial charge < -0.3 is 15.0 Å². The fraction of sp³-hybridized carbons (Fsp3) is 0.423. The second kappa shape index (κ2) is 10.6. The summed E-state index contributed by atoms with van der Waals surface area (Å²) in [4.78, 5) is 36.0. The van der Waals surface area contributed by atoms with Crippen molar-refractivity contribution < 1.29 is 27.5 Å². The van der Waals surface area contributed by atoms with E-state index in [-0.39, 0.29) is 29.0 Å². The summed E-state index contributed by atoms with van der Waals surface area (Å²) in [5.41, 5.74) is -0.326. The summed E-state index contributed by atoms with van der Waals surface area (Å²) >= 11 is 0. The molecule has 0 bridgehead atoms. The summed E-state index contributed by atoms with van der Waals surface area (Å²) in [6, 6.07) is 4.86. The van der Waals surface area contributed by atoms with Crippen LogP contribution in [-0.2, 0) is 17.5 Å². The molecule has 0 atom stereocenters. The van der Waals surface area contributed by atoms with Crippen LogP contribution in [0, 0.1) is 0 Å². The third kappa shape index (κ3) is 5.87. The van der Waals surface area contributed by atoms with Crippen molar-refractivity contribution in [2.45, 2.75) is 50.9 Å². The van der Waals surface area contributed by atoms with Gasteiger partial charge in [0.05, 0.1) is 18.0 Å². The molecule has 2 saturated heterocycles. The third-order valence-electron chi connectivity index (χ3n) is 7.32. The molecule has 0 aliphatic carbocycles. The first-order valence-corrected chi connectivity index (χ1v) is 12.6. The van der Waals surface area contributed by atoms with Gasteiger partial charge >= 0.3 is 12.2 Å². The zero-order chi connectivity index (χ0) is 27.6. The molecule has 3 aromatic rings. The maximum absolute atomic E-state index is 13.5. The zero-order valence-corrected chi connectivity index (χ0v) is 21.3. The monoisotopic (exact) mass is 543 g/mol. The molecule has 4 heterocycles. The molecule has 0 radical (unpaired) electrons. The van der Waals surface area contributed by atoms with E-state index in [0.717, 1.165) is 44.4 Å². The van der Waals surface area contributed by atoms with Gasteiger partial charge in [-0.15, -0.1) is 5.10 Å². The number of anilines is 1. The molecule has 1 N–H and O–H groups in total. The van der Waals surface area contributed by atoms with Crippen LogP contribution in [0.2, 0.25) is 0 Å². The second-order valence-electron chi connectivity index (χ2n) is 9.84. The third-order valence-corrected chi connectivity index (χ3v) is 7.32. The minimum Gasteiger partial charge on any atom is -0.454 e. The number of hydrogen-bond acceptors (Lipinski definition) is 7. The number of piperidine rings is 1. The van der Waals surface area contributed by atoms with E-state index in [1.807, 2.05) is 0 Å². The number of halogens is 3. The molecule has 2 aromatic heterocycles. The van der Waals surface area contributed by atoms with Crippen molar-refractivity contribution in [2.75, 3.05) is 25.0 Å². The molecule has 2 aliphatic heterocycles. The molecule has 1 spiro atoms. The van der Waals surface area contributed by atoms with E-state index in [2.05, 4.69) is 25.3 Å². The Balaban J connectivity index is 1.30. The lowest BCUT2D eigenvalue weighted by molar-refractivity contribution is -0.137. The van der Waals surface area contributed by atoms with E-state index in [1.165, 1.54) is 42.6 Å². The Kier molecular flexibility index (Phi) is 7.25. The van der Waals surface area contributed by atoms with E-state index >= 15 is 0 Å². The van der Waals surface area contributed by atoms with Crippen molar-refractivity contribution in [3.63, 3.8) is 0 Å². The molecule has 2 aliphatic rings. The molecule has 10 nitrogen and oxygen atoms in total. The normalized spacial score (nSPS) is 17.4. The summed E-state index contributed by atoms with van der Waals surface area (Å²) in [6.07, 6.45) is 4.48. The van der Waals surface area contributed by atoms with Crippen LogP contribution >= 0.6 is 0 Å². The van der Waals surface area contributed by atoms with Gasteiger partial charge in [-0.05, 0) is 44.4 Å². The Labute approximate surface area is 222 Å². The van der Waals surface area contributed by atoms with Gasteiger partial charge in [-0.1, -0.05) is 6.07 Å². The second-order valence-corrected chi connectivity index (χ2v) is 9.84. The number of nitrogens with one attached hydrogen (secondary N) is 1. The number of amides is 2. The van der Waals surface area contributed by atoms with Gasteiger partial charge in [-0.25, -0.2) is 14.8 Å². The van der Waals surface area contributed by atoms with Crippen LogP contribution in [0.4, 0.5) is 23.8 Å². The lowest BCUT2D eigenvalue weighted by atomic mass is 9.84. The summed E-state index contributed by atoms with van der Waals surface area (Å²) in [6.45, 7) is 3.61. The minimum atomic E-state index is -4.50. The van der Waals surface area contributed by atoms with Crippen molar-refractivity contribution in [3.8, 4) is 11.5 Å². The lowest BCUT2D eigenvalue weighted by Crippen LogP contribution is -2.53. The summed E-state index contributed by atoms with van der Waals surface area (Å²) in [5.74, 6) is 0.403. The summed E-state index contributed by atoms with van der Waals surface area (Å²) in [5, 5.41) is 6.69. The molecule has 1 aromatic carbocycles. The van der Waals surface area contributed by atoms with Crippen LogP contribution in [0.3, 0.4) is 0 Å². The fourth-order valence-corrected chi connectivity index (χ4v) is 5.37. The van der Waals surface area contributed by atoms with Crippen LogP contribution in [0.1, 0.15) is 43.7 Å². The standard InChI is InChI=1S/C26H28F3N7O3/c1-18(37)32-23-5-10-36(33-23)24(38)34-11-7-25(8-12-34)6-2-9-35(25)16-19-3-4-20(26(27,28)29)13-22(19)39-21-14-30-17-31-15-21/h3-5,10,13-15,17H,2,6-9,11-12,16H2,1H3,(H,32,33,37). The average Bonchev–Trinajstić information content (AvgIpc) is 3.52. The van der Waals surface area contributed by atoms with Gasteiger partial charge in [-0.3, -0.25) is 9.69 Å². The Morgan fingerprint density at radius 3 is 2.51 bits per heavy atom. The molecule has 13 heteroatoms. The number of carbonyl (C=O) groups is 2. The predicted molar refractivity (Wildman–Crippen MR) is 134 cm³/mol. The number of alkyl halides is 3. The predicted octanol–water partition coefficient (Wildman–Crippen LogP) is 4.54. The van der Waals surface area contributed by atoms with E-state index in [9.17, 15) is 22.8 Å². The van der Waals surface area contributed by atoms with Crippen molar-refractivity contribution >= 4 is 17.8 Å². The first kappa shape index (κ1) is 26.6. The fourth-order valence-electron chi connectivity index (χ4n) is 5.37. The van der Waals surface area contributed by atoms with Crippen LogP contribution in [-0.4, -0.2) is 66.7 Å². The molecular formula is C26H28F3N7O3. The Morgan fingerprint density at radius 1 is 1.08 bits per heavy atom. The Hall–Kier alpha value is -4.00. The number of aromatic nitrogens is 4. The van der Waals surface area contributed by atoms with Gasteiger partial charge in [0.1, 0.15) is 12.1 Å². The smallest absolute Gasteiger partial charge is 0.416 e. The summed E-state index contributed by atoms with van der Waals surface area (Å²) in [7, 11) is 0. The number of benzene rings is 1. The minimum absolute atomic E-state index is 0.114. The molecule has 39 heavy (non-hydrogen) atoms. The number of carbonyl (C=O) groups excluding carboxylic acids is 2. The molecule has 0 saturated carbocycles. The highest BCUT2D eigenvalue weighted by molar-refractivity contribution is 5.88. The van der Waals surface area contributed by atoms with Crippen LogP contribution in [0.25, 0.3) is 0 Å². The number of nitrogens with zero attached hydrogens (tertiary/aromatic N) is 6.